The first-order valence-corrected chi connectivity index (χ1v) is 6.46. The lowest BCUT2D eigenvalue weighted by atomic mass is 9.84. The van der Waals surface area contributed by atoms with Gasteiger partial charge in [-0.1, -0.05) is 20.8 Å². The first-order chi connectivity index (χ1) is 7.83. The summed E-state index contributed by atoms with van der Waals surface area (Å²) in [6, 6.07) is 0. The Morgan fingerprint density at radius 3 is 2.06 bits per heavy atom. The maximum absolute atomic E-state index is 12.4. The van der Waals surface area contributed by atoms with Crippen molar-refractivity contribution in [1.29, 1.82) is 0 Å². The van der Waals surface area contributed by atoms with Crippen molar-refractivity contribution in [1.82, 2.24) is 10.2 Å². The topological polar surface area (TPSA) is 49.4 Å². The van der Waals surface area contributed by atoms with E-state index in [2.05, 4.69) is 26.1 Å². The molecule has 98 valence electrons. The van der Waals surface area contributed by atoms with Crippen LogP contribution in [0.4, 0.5) is 0 Å². The first-order valence-electron chi connectivity index (χ1n) is 6.46. The monoisotopic (exact) mass is 240 g/mol. The second-order valence-corrected chi connectivity index (χ2v) is 5.35. The Hall–Kier alpha value is -1.06. The molecule has 4 nitrogen and oxygen atoms in total. The van der Waals surface area contributed by atoms with Crippen LogP contribution in [0.1, 0.15) is 53.9 Å². The third kappa shape index (κ3) is 2.31. The van der Waals surface area contributed by atoms with Crippen LogP contribution in [0.25, 0.3) is 0 Å². The number of nitrogens with one attached hydrogen (secondary N) is 1. The Labute approximate surface area is 104 Å². The van der Waals surface area contributed by atoms with Crippen molar-refractivity contribution >= 4 is 11.8 Å². The van der Waals surface area contributed by atoms with Crippen LogP contribution in [-0.2, 0) is 9.59 Å². The molecule has 0 aromatic heterocycles. The average molecular weight is 240 g/mol. The molecule has 0 saturated carbocycles. The van der Waals surface area contributed by atoms with E-state index in [1.165, 1.54) is 0 Å². The van der Waals surface area contributed by atoms with Crippen molar-refractivity contribution in [3.8, 4) is 0 Å². The van der Waals surface area contributed by atoms with Crippen LogP contribution in [0, 0.1) is 0 Å². The second-order valence-electron chi connectivity index (χ2n) is 5.35. The Morgan fingerprint density at radius 2 is 1.65 bits per heavy atom. The van der Waals surface area contributed by atoms with Gasteiger partial charge in [0, 0.05) is 5.54 Å². The lowest BCUT2D eigenvalue weighted by Crippen LogP contribution is -2.68. The van der Waals surface area contributed by atoms with E-state index >= 15 is 0 Å². The van der Waals surface area contributed by atoms with E-state index in [1.807, 2.05) is 0 Å². The fourth-order valence-corrected chi connectivity index (χ4v) is 2.70. The van der Waals surface area contributed by atoms with Crippen LogP contribution in [0.3, 0.4) is 0 Å². The van der Waals surface area contributed by atoms with Gasteiger partial charge in [0.2, 0.25) is 11.8 Å². The largest absolute Gasteiger partial charge is 0.341 e. The Morgan fingerprint density at radius 1 is 1.18 bits per heavy atom. The quantitative estimate of drug-likeness (QED) is 0.813. The van der Waals surface area contributed by atoms with Crippen LogP contribution in [0.2, 0.25) is 0 Å². The highest BCUT2D eigenvalue weighted by molar-refractivity contribution is 5.97. The molecule has 0 radical (unpaired) electrons. The smallest absolute Gasteiger partial charge is 0.248 e. The lowest BCUT2D eigenvalue weighted by molar-refractivity contribution is -0.156. The van der Waals surface area contributed by atoms with Gasteiger partial charge in [0.25, 0.3) is 0 Å². The number of piperazine rings is 1. The number of amides is 2. The van der Waals surface area contributed by atoms with Gasteiger partial charge in [-0.3, -0.25) is 9.59 Å². The van der Waals surface area contributed by atoms with Gasteiger partial charge in [-0.25, -0.2) is 0 Å². The summed E-state index contributed by atoms with van der Waals surface area (Å²) in [6.45, 7) is 9.98. The predicted octanol–water partition coefficient (Wildman–Crippen LogP) is 1.69. The summed E-state index contributed by atoms with van der Waals surface area (Å²) in [5, 5.41) is 2.75. The molecule has 1 saturated heterocycles. The normalized spacial score (nSPS) is 20.4. The minimum atomic E-state index is -0.778. The standard InChI is InChI=1S/C13H24N2O2/c1-6-13(7-2,8-3)15-9-10(16)14-12(4,5)11(15)17/h6-9H2,1-5H3,(H,14,16). The van der Waals surface area contributed by atoms with Crippen LogP contribution < -0.4 is 5.32 Å². The molecule has 4 heteroatoms. The Balaban J connectivity index is 3.10. The van der Waals surface area contributed by atoms with Gasteiger partial charge < -0.3 is 10.2 Å². The molecule has 2 amide bonds. The fraction of sp³-hybridized carbons (Fsp3) is 0.846. The van der Waals surface area contributed by atoms with E-state index in [0.29, 0.717) is 0 Å². The molecule has 17 heavy (non-hydrogen) atoms. The maximum atomic E-state index is 12.4. The highest BCUT2D eigenvalue weighted by Gasteiger charge is 2.46. The molecule has 0 atom stereocenters. The van der Waals surface area contributed by atoms with Crippen molar-refractivity contribution < 1.29 is 9.59 Å². The number of hydrogen-bond acceptors (Lipinski definition) is 2. The van der Waals surface area contributed by atoms with Crippen LogP contribution >= 0.6 is 0 Å². The zero-order valence-corrected chi connectivity index (χ0v) is 11.6. The van der Waals surface area contributed by atoms with Crippen molar-refractivity contribution in [3.05, 3.63) is 0 Å². The molecule has 0 spiro atoms. The molecule has 1 rings (SSSR count). The zero-order valence-electron chi connectivity index (χ0n) is 11.6. The molecule has 1 N–H and O–H groups in total. The van der Waals surface area contributed by atoms with E-state index in [1.54, 1.807) is 18.7 Å². The van der Waals surface area contributed by atoms with Gasteiger partial charge in [0.15, 0.2) is 0 Å². The van der Waals surface area contributed by atoms with Gasteiger partial charge in [0.05, 0.1) is 0 Å². The predicted molar refractivity (Wildman–Crippen MR) is 67.5 cm³/mol. The first kappa shape index (κ1) is 14.0. The number of carbonyl (C=O) groups is 2. The van der Waals surface area contributed by atoms with Crippen molar-refractivity contribution in [2.75, 3.05) is 6.54 Å². The Kier molecular flexibility index (Phi) is 3.84. The molecule has 0 aromatic rings. The number of rotatable bonds is 4. The summed E-state index contributed by atoms with van der Waals surface area (Å²) < 4.78 is 0. The van der Waals surface area contributed by atoms with Crippen LogP contribution in [0.5, 0.6) is 0 Å². The van der Waals surface area contributed by atoms with Crippen LogP contribution in [0.15, 0.2) is 0 Å². The Bertz CT molecular complexity index is 311. The molecule has 1 aliphatic heterocycles. The molecule has 0 aliphatic carbocycles. The molecule has 1 fully saturated rings. The summed E-state index contributed by atoms with van der Waals surface area (Å²) in [7, 11) is 0. The van der Waals surface area contributed by atoms with Gasteiger partial charge in [-0.15, -0.1) is 0 Å². The molecular weight excluding hydrogens is 216 g/mol. The summed E-state index contributed by atoms with van der Waals surface area (Å²) >= 11 is 0. The number of hydrogen-bond donors (Lipinski definition) is 1. The van der Waals surface area contributed by atoms with Gasteiger partial charge in [-0.05, 0) is 33.1 Å². The van der Waals surface area contributed by atoms with Gasteiger partial charge in [0.1, 0.15) is 12.1 Å². The molecule has 0 bridgehead atoms. The third-order valence-corrected chi connectivity index (χ3v) is 4.08. The molecule has 1 aliphatic rings. The second kappa shape index (κ2) is 4.67. The summed E-state index contributed by atoms with van der Waals surface area (Å²) in [4.78, 5) is 25.9. The maximum Gasteiger partial charge on any atom is 0.248 e. The molecule has 1 heterocycles. The van der Waals surface area contributed by atoms with E-state index in [-0.39, 0.29) is 23.9 Å². The zero-order chi connectivity index (χ0) is 13.3. The highest BCUT2D eigenvalue weighted by atomic mass is 16.2. The van der Waals surface area contributed by atoms with Gasteiger partial charge >= 0.3 is 0 Å². The lowest BCUT2D eigenvalue weighted by Gasteiger charge is -2.48. The van der Waals surface area contributed by atoms with E-state index in [4.69, 9.17) is 0 Å². The number of carbonyl (C=O) groups excluding carboxylic acids is 2. The summed E-state index contributed by atoms with van der Waals surface area (Å²) in [6.07, 6.45) is 2.65. The summed E-state index contributed by atoms with van der Waals surface area (Å²) in [5.41, 5.74) is -0.952. The van der Waals surface area contributed by atoms with Crippen molar-refractivity contribution in [3.63, 3.8) is 0 Å². The minimum Gasteiger partial charge on any atom is -0.341 e. The minimum absolute atomic E-state index is 0.0302. The highest BCUT2D eigenvalue weighted by Crippen LogP contribution is 2.31. The van der Waals surface area contributed by atoms with E-state index in [0.717, 1.165) is 19.3 Å². The fourth-order valence-electron chi connectivity index (χ4n) is 2.70. The number of nitrogens with zero attached hydrogens (tertiary/aromatic N) is 1. The SMILES string of the molecule is CCC(CC)(CC)N1CC(=O)NC(C)(C)C1=O. The molecular formula is C13H24N2O2. The van der Waals surface area contributed by atoms with Crippen LogP contribution in [-0.4, -0.2) is 34.3 Å². The summed E-state index contributed by atoms with van der Waals surface area (Å²) in [5.74, 6) is -0.0306. The molecule has 0 aromatic carbocycles. The third-order valence-electron chi connectivity index (χ3n) is 4.08. The van der Waals surface area contributed by atoms with Gasteiger partial charge in [-0.2, -0.15) is 0 Å². The van der Waals surface area contributed by atoms with Crippen molar-refractivity contribution in [2.24, 2.45) is 0 Å². The van der Waals surface area contributed by atoms with Crippen molar-refractivity contribution in [2.45, 2.75) is 65.0 Å². The van der Waals surface area contributed by atoms with E-state index < -0.39 is 5.54 Å². The van der Waals surface area contributed by atoms with E-state index in [9.17, 15) is 9.59 Å². The molecule has 0 unspecified atom stereocenters. The average Bonchev–Trinajstić information content (AvgIpc) is 2.27.